The molecule has 1 heterocycles. The van der Waals surface area contributed by atoms with E-state index in [0.29, 0.717) is 0 Å². The van der Waals surface area contributed by atoms with Crippen LogP contribution in [0, 0.1) is 0 Å². The lowest BCUT2D eigenvalue weighted by Crippen LogP contribution is -2.21. The van der Waals surface area contributed by atoms with Gasteiger partial charge >= 0.3 is 6.18 Å². The molecule has 1 aromatic heterocycles. The summed E-state index contributed by atoms with van der Waals surface area (Å²) in [6.07, 6.45) is -1.58. The van der Waals surface area contributed by atoms with E-state index in [4.69, 9.17) is 5.73 Å². The van der Waals surface area contributed by atoms with Gasteiger partial charge in [-0.3, -0.25) is 4.98 Å². The average molecular weight is 191 g/mol. The summed E-state index contributed by atoms with van der Waals surface area (Å²) >= 11 is 0. The summed E-state index contributed by atoms with van der Waals surface area (Å²) in [4.78, 5) is 3.64. The second-order valence-electron chi connectivity index (χ2n) is 2.43. The van der Waals surface area contributed by atoms with Crippen LogP contribution in [-0.4, -0.2) is 17.7 Å². The van der Waals surface area contributed by atoms with E-state index in [0.717, 1.165) is 0 Å². The highest BCUT2D eigenvalue weighted by Crippen LogP contribution is 2.19. The van der Waals surface area contributed by atoms with E-state index >= 15 is 0 Å². The standard InChI is InChI=1S/C7H8F3N3/c8-7(9,10)4-13-6-1-2-12-3-5(6)11/h1-3H,4,11H2,(H,12,13). The van der Waals surface area contributed by atoms with Crippen molar-refractivity contribution >= 4 is 11.4 Å². The van der Waals surface area contributed by atoms with Gasteiger partial charge in [-0.15, -0.1) is 0 Å². The third-order valence-corrected chi connectivity index (χ3v) is 1.33. The van der Waals surface area contributed by atoms with Crippen molar-refractivity contribution < 1.29 is 13.2 Å². The molecule has 0 saturated heterocycles. The van der Waals surface area contributed by atoms with Crippen molar-refractivity contribution in [3.05, 3.63) is 18.5 Å². The highest BCUT2D eigenvalue weighted by Gasteiger charge is 2.26. The number of alkyl halides is 3. The van der Waals surface area contributed by atoms with E-state index in [-0.39, 0.29) is 11.4 Å². The zero-order valence-corrected chi connectivity index (χ0v) is 6.60. The van der Waals surface area contributed by atoms with Crippen LogP contribution in [0.2, 0.25) is 0 Å². The van der Waals surface area contributed by atoms with Gasteiger partial charge in [0.1, 0.15) is 6.54 Å². The van der Waals surface area contributed by atoms with Crippen LogP contribution < -0.4 is 11.1 Å². The first-order valence-electron chi connectivity index (χ1n) is 3.49. The Kier molecular flexibility index (Phi) is 2.60. The number of aromatic nitrogens is 1. The van der Waals surface area contributed by atoms with Crippen molar-refractivity contribution in [3.63, 3.8) is 0 Å². The van der Waals surface area contributed by atoms with Gasteiger partial charge in [-0.2, -0.15) is 13.2 Å². The molecule has 0 aliphatic heterocycles. The molecule has 3 N–H and O–H groups in total. The highest BCUT2D eigenvalue weighted by molar-refractivity contribution is 5.64. The summed E-state index contributed by atoms with van der Waals surface area (Å²) in [5.74, 6) is 0. The molecule has 0 aliphatic rings. The molecule has 0 aromatic carbocycles. The molecule has 1 aromatic rings. The predicted molar refractivity (Wildman–Crippen MR) is 43.2 cm³/mol. The fourth-order valence-corrected chi connectivity index (χ4v) is 0.763. The Labute approximate surface area is 72.8 Å². The minimum atomic E-state index is -4.24. The van der Waals surface area contributed by atoms with Gasteiger partial charge in [-0.05, 0) is 6.07 Å². The van der Waals surface area contributed by atoms with Crippen LogP contribution in [-0.2, 0) is 0 Å². The van der Waals surface area contributed by atoms with E-state index in [1.807, 2.05) is 0 Å². The van der Waals surface area contributed by atoms with Crippen LogP contribution in [0.25, 0.3) is 0 Å². The topological polar surface area (TPSA) is 50.9 Å². The SMILES string of the molecule is Nc1cnccc1NCC(F)(F)F. The molecular formula is C7H8F3N3. The first-order chi connectivity index (χ1) is 5.99. The molecule has 0 unspecified atom stereocenters. The largest absolute Gasteiger partial charge is 0.405 e. The molecule has 0 aliphatic carbocycles. The number of halogens is 3. The lowest BCUT2D eigenvalue weighted by molar-refractivity contribution is -0.115. The maximum absolute atomic E-state index is 11.8. The van der Waals surface area contributed by atoms with Gasteiger partial charge in [0, 0.05) is 6.20 Å². The van der Waals surface area contributed by atoms with Gasteiger partial charge in [-0.25, -0.2) is 0 Å². The van der Waals surface area contributed by atoms with E-state index in [9.17, 15) is 13.2 Å². The Hall–Kier alpha value is -1.46. The Morgan fingerprint density at radius 1 is 1.46 bits per heavy atom. The van der Waals surface area contributed by atoms with Crippen LogP contribution in [0.1, 0.15) is 0 Å². The number of rotatable bonds is 2. The highest BCUT2D eigenvalue weighted by atomic mass is 19.4. The van der Waals surface area contributed by atoms with Crippen LogP contribution in [0.5, 0.6) is 0 Å². The van der Waals surface area contributed by atoms with E-state index in [1.54, 1.807) is 0 Å². The Morgan fingerprint density at radius 2 is 2.15 bits per heavy atom. The number of nitrogen functional groups attached to an aromatic ring is 1. The molecule has 0 amide bonds. The van der Waals surface area contributed by atoms with Gasteiger partial charge in [-0.1, -0.05) is 0 Å². The van der Waals surface area contributed by atoms with Crippen molar-refractivity contribution in [2.75, 3.05) is 17.6 Å². The fraction of sp³-hybridized carbons (Fsp3) is 0.286. The number of nitrogens with two attached hydrogens (primary N) is 1. The molecular weight excluding hydrogens is 183 g/mol. The molecule has 0 atom stereocenters. The van der Waals surface area contributed by atoms with Crippen molar-refractivity contribution in [2.45, 2.75) is 6.18 Å². The van der Waals surface area contributed by atoms with E-state index in [1.165, 1.54) is 18.5 Å². The van der Waals surface area contributed by atoms with Gasteiger partial charge in [0.15, 0.2) is 0 Å². The quantitative estimate of drug-likeness (QED) is 0.747. The Balaban J connectivity index is 2.60. The van der Waals surface area contributed by atoms with Gasteiger partial charge < -0.3 is 11.1 Å². The monoisotopic (exact) mass is 191 g/mol. The first-order valence-corrected chi connectivity index (χ1v) is 3.49. The molecule has 3 nitrogen and oxygen atoms in total. The summed E-state index contributed by atoms with van der Waals surface area (Å²) in [6.45, 7) is -1.10. The fourth-order valence-electron chi connectivity index (χ4n) is 0.763. The molecule has 72 valence electrons. The average Bonchev–Trinajstić information content (AvgIpc) is 2.01. The molecule has 0 spiro atoms. The molecule has 1 rings (SSSR count). The molecule has 0 radical (unpaired) electrons. The summed E-state index contributed by atoms with van der Waals surface area (Å²) < 4.78 is 35.3. The molecule has 0 bridgehead atoms. The number of anilines is 2. The number of pyridine rings is 1. The van der Waals surface area contributed by atoms with Gasteiger partial charge in [0.05, 0.1) is 17.6 Å². The minimum Gasteiger partial charge on any atom is -0.396 e. The molecule has 0 fully saturated rings. The smallest absolute Gasteiger partial charge is 0.396 e. The summed E-state index contributed by atoms with van der Waals surface area (Å²) in [5, 5.41) is 2.16. The normalized spacial score (nSPS) is 11.3. The number of nitrogens with one attached hydrogen (secondary N) is 1. The maximum atomic E-state index is 11.8. The van der Waals surface area contributed by atoms with Gasteiger partial charge in [0.2, 0.25) is 0 Å². The Bertz CT molecular complexity index is 285. The lowest BCUT2D eigenvalue weighted by Gasteiger charge is -2.10. The van der Waals surface area contributed by atoms with Crippen molar-refractivity contribution in [2.24, 2.45) is 0 Å². The summed E-state index contributed by atoms with van der Waals surface area (Å²) in [7, 11) is 0. The van der Waals surface area contributed by atoms with Gasteiger partial charge in [0.25, 0.3) is 0 Å². The predicted octanol–water partition coefficient (Wildman–Crippen LogP) is 1.64. The van der Waals surface area contributed by atoms with E-state index < -0.39 is 12.7 Å². The zero-order valence-electron chi connectivity index (χ0n) is 6.60. The van der Waals surface area contributed by atoms with E-state index in [2.05, 4.69) is 10.3 Å². The van der Waals surface area contributed by atoms with Crippen molar-refractivity contribution in [1.29, 1.82) is 0 Å². The van der Waals surface area contributed by atoms with Crippen LogP contribution in [0.15, 0.2) is 18.5 Å². The number of hydrogen-bond acceptors (Lipinski definition) is 3. The molecule has 6 heteroatoms. The third-order valence-electron chi connectivity index (χ3n) is 1.33. The minimum absolute atomic E-state index is 0.201. The second kappa shape index (κ2) is 3.51. The maximum Gasteiger partial charge on any atom is 0.405 e. The lowest BCUT2D eigenvalue weighted by atomic mass is 10.3. The van der Waals surface area contributed by atoms with Crippen LogP contribution >= 0.6 is 0 Å². The van der Waals surface area contributed by atoms with Crippen molar-refractivity contribution in [3.8, 4) is 0 Å². The molecule has 0 saturated carbocycles. The second-order valence-corrected chi connectivity index (χ2v) is 2.43. The van der Waals surface area contributed by atoms with Crippen LogP contribution in [0.4, 0.5) is 24.5 Å². The molecule has 13 heavy (non-hydrogen) atoms. The Morgan fingerprint density at radius 3 is 2.69 bits per heavy atom. The third kappa shape index (κ3) is 3.18. The number of hydrogen-bond donors (Lipinski definition) is 2. The number of nitrogens with zero attached hydrogens (tertiary/aromatic N) is 1. The van der Waals surface area contributed by atoms with Crippen molar-refractivity contribution in [1.82, 2.24) is 4.98 Å². The first kappa shape index (κ1) is 9.63. The summed E-state index contributed by atoms with van der Waals surface area (Å²) in [6, 6.07) is 1.39. The zero-order chi connectivity index (χ0) is 9.90. The summed E-state index contributed by atoms with van der Waals surface area (Å²) in [5.41, 5.74) is 5.80. The van der Waals surface area contributed by atoms with Crippen LogP contribution in [0.3, 0.4) is 0 Å².